The second-order valence-corrected chi connectivity index (χ2v) is 6.21. The van der Waals surface area contributed by atoms with Gasteiger partial charge in [-0.25, -0.2) is 0 Å². The van der Waals surface area contributed by atoms with Crippen LogP contribution in [0.1, 0.15) is 40.0 Å². The van der Waals surface area contributed by atoms with Crippen molar-refractivity contribution in [3.8, 4) is 0 Å². The van der Waals surface area contributed by atoms with Crippen molar-refractivity contribution in [2.45, 2.75) is 46.1 Å². The van der Waals surface area contributed by atoms with Crippen LogP contribution in [0.5, 0.6) is 0 Å². The molecular weight excluding hydrogens is 184 g/mol. The lowest BCUT2D eigenvalue weighted by molar-refractivity contribution is 0.127. The molecule has 3 unspecified atom stereocenters. The summed E-state index contributed by atoms with van der Waals surface area (Å²) >= 11 is 0. The van der Waals surface area contributed by atoms with Crippen molar-refractivity contribution in [3.63, 3.8) is 0 Å². The smallest absolute Gasteiger partial charge is 0.00702 e. The van der Waals surface area contributed by atoms with E-state index < -0.39 is 0 Å². The Hall–Kier alpha value is -0.0800. The molecule has 0 aromatic heterocycles. The molecule has 0 aliphatic carbocycles. The van der Waals surface area contributed by atoms with Gasteiger partial charge in [-0.15, -0.1) is 0 Å². The highest BCUT2D eigenvalue weighted by molar-refractivity contribution is 4.89. The molecule has 2 nitrogen and oxygen atoms in total. The lowest BCUT2D eigenvalue weighted by atomic mass is 9.82. The van der Waals surface area contributed by atoms with E-state index in [-0.39, 0.29) is 0 Å². The fourth-order valence-electron chi connectivity index (χ4n) is 3.35. The van der Waals surface area contributed by atoms with E-state index in [0.717, 1.165) is 12.0 Å². The zero-order valence-corrected chi connectivity index (χ0v) is 10.6. The zero-order chi connectivity index (χ0) is 10.9. The van der Waals surface area contributed by atoms with E-state index in [2.05, 4.69) is 31.0 Å². The number of piperidine rings is 1. The predicted molar refractivity (Wildman–Crippen MR) is 65.0 cm³/mol. The van der Waals surface area contributed by atoms with Gasteiger partial charge in [0, 0.05) is 25.7 Å². The highest BCUT2D eigenvalue weighted by Crippen LogP contribution is 2.31. The molecule has 0 spiro atoms. The standard InChI is InChI=1S/C13H26N2/c1-11-7-12(2)15(8-11)10-13(3)5-4-6-14-9-13/h11-12,14H,4-10H2,1-3H3. The van der Waals surface area contributed by atoms with Gasteiger partial charge >= 0.3 is 0 Å². The largest absolute Gasteiger partial charge is 0.316 e. The van der Waals surface area contributed by atoms with Crippen LogP contribution in [0.3, 0.4) is 0 Å². The molecule has 3 atom stereocenters. The van der Waals surface area contributed by atoms with Crippen LogP contribution in [0, 0.1) is 11.3 Å². The van der Waals surface area contributed by atoms with Gasteiger partial charge in [0.05, 0.1) is 0 Å². The molecule has 2 heteroatoms. The minimum absolute atomic E-state index is 0.524. The molecular formula is C13H26N2. The van der Waals surface area contributed by atoms with Crippen molar-refractivity contribution < 1.29 is 0 Å². The fraction of sp³-hybridized carbons (Fsp3) is 1.00. The maximum Gasteiger partial charge on any atom is 0.00702 e. The molecule has 2 saturated heterocycles. The van der Waals surface area contributed by atoms with E-state index in [1.807, 2.05) is 0 Å². The van der Waals surface area contributed by atoms with Gasteiger partial charge in [-0.1, -0.05) is 13.8 Å². The number of hydrogen-bond donors (Lipinski definition) is 1. The third kappa shape index (κ3) is 2.73. The predicted octanol–water partition coefficient (Wildman–Crippen LogP) is 2.11. The van der Waals surface area contributed by atoms with Crippen LogP contribution in [0.15, 0.2) is 0 Å². The van der Waals surface area contributed by atoms with E-state index in [0.29, 0.717) is 5.41 Å². The monoisotopic (exact) mass is 210 g/mol. The maximum absolute atomic E-state index is 3.55. The van der Waals surface area contributed by atoms with Crippen molar-refractivity contribution in [1.29, 1.82) is 0 Å². The summed E-state index contributed by atoms with van der Waals surface area (Å²) in [6.07, 6.45) is 4.15. The van der Waals surface area contributed by atoms with Gasteiger partial charge in [0.2, 0.25) is 0 Å². The molecule has 0 saturated carbocycles. The highest BCUT2D eigenvalue weighted by atomic mass is 15.2. The van der Waals surface area contributed by atoms with Gasteiger partial charge in [-0.3, -0.25) is 4.90 Å². The molecule has 2 heterocycles. The molecule has 2 fully saturated rings. The van der Waals surface area contributed by atoms with Crippen LogP contribution >= 0.6 is 0 Å². The summed E-state index contributed by atoms with van der Waals surface area (Å²) < 4.78 is 0. The first-order valence-electron chi connectivity index (χ1n) is 6.54. The number of hydrogen-bond acceptors (Lipinski definition) is 2. The maximum atomic E-state index is 3.55. The van der Waals surface area contributed by atoms with Crippen LogP contribution in [0.4, 0.5) is 0 Å². The van der Waals surface area contributed by atoms with E-state index >= 15 is 0 Å². The van der Waals surface area contributed by atoms with Crippen LogP contribution < -0.4 is 5.32 Å². The molecule has 2 rings (SSSR count). The van der Waals surface area contributed by atoms with Crippen molar-refractivity contribution in [2.24, 2.45) is 11.3 Å². The highest BCUT2D eigenvalue weighted by Gasteiger charge is 2.34. The Kier molecular flexibility index (Phi) is 3.36. The van der Waals surface area contributed by atoms with Crippen molar-refractivity contribution in [2.75, 3.05) is 26.2 Å². The third-order valence-corrected chi connectivity index (χ3v) is 4.18. The minimum Gasteiger partial charge on any atom is -0.316 e. The lowest BCUT2D eigenvalue weighted by Gasteiger charge is -2.38. The summed E-state index contributed by atoms with van der Waals surface area (Å²) in [5.41, 5.74) is 0.524. The Bertz CT molecular complexity index is 209. The molecule has 0 aromatic carbocycles. The van der Waals surface area contributed by atoms with Gasteiger partial charge in [0.15, 0.2) is 0 Å². The summed E-state index contributed by atoms with van der Waals surface area (Å²) in [6.45, 7) is 12.3. The molecule has 0 radical (unpaired) electrons. The van der Waals surface area contributed by atoms with Crippen molar-refractivity contribution >= 4 is 0 Å². The number of likely N-dealkylation sites (tertiary alicyclic amines) is 1. The molecule has 2 aliphatic heterocycles. The van der Waals surface area contributed by atoms with E-state index in [9.17, 15) is 0 Å². The van der Waals surface area contributed by atoms with Crippen molar-refractivity contribution in [1.82, 2.24) is 10.2 Å². The Morgan fingerprint density at radius 3 is 2.73 bits per heavy atom. The molecule has 0 bridgehead atoms. The average Bonchev–Trinajstić information content (AvgIpc) is 2.45. The topological polar surface area (TPSA) is 15.3 Å². The Labute approximate surface area is 94.4 Å². The van der Waals surface area contributed by atoms with Gasteiger partial charge < -0.3 is 5.32 Å². The molecule has 2 aliphatic rings. The fourth-order valence-corrected chi connectivity index (χ4v) is 3.35. The Balaban J connectivity index is 1.89. The minimum atomic E-state index is 0.524. The Morgan fingerprint density at radius 1 is 1.40 bits per heavy atom. The molecule has 0 aromatic rings. The van der Waals surface area contributed by atoms with E-state index in [4.69, 9.17) is 0 Å². The molecule has 1 N–H and O–H groups in total. The summed E-state index contributed by atoms with van der Waals surface area (Å²) in [7, 11) is 0. The first-order chi connectivity index (χ1) is 7.09. The van der Waals surface area contributed by atoms with Gasteiger partial charge in [0.1, 0.15) is 0 Å². The van der Waals surface area contributed by atoms with Gasteiger partial charge in [-0.2, -0.15) is 0 Å². The Morgan fingerprint density at radius 2 is 2.20 bits per heavy atom. The lowest BCUT2D eigenvalue weighted by Crippen LogP contribution is -2.46. The first kappa shape index (κ1) is 11.4. The number of rotatable bonds is 2. The summed E-state index contributed by atoms with van der Waals surface area (Å²) in [4.78, 5) is 2.71. The van der Waals surface area contributed by atoms with Crippen LogP contribution in [-0.4, -0.2) is 37.1 Å². The number of nitrogens with one attached hydrogen (secondary N) is 1. The molecule has 0 amide bonds. The molecule has 15 heavy (non-hydrogen) atoms. The first-order valence-corrected chi connectivity index (χ1v) is 6.54. The SMILES string of the molecule is CC1CC(C)N(CC2(C)CCCNC2)C1. The second kappa shape index (κ2) is 4.42. The average molecular weight is 210 g/mol. The van der Waals surface area contributed by atoms with Crippen LogP contribution in [0.2, 0.25) is 0 Å². The van der Waals surface area contributed by atoms with Crippen LogP contribution in [-0.2, 0) is 0 Å². The third-order valence-electron chi connectivity index (χ3n) is 4.18. The summed E-state index contributed by atoms with van der Waals surface area (Å²) in [5.74, 6) is 0.903. The zero-order valence-electron chi connectivity index (χ0n) is 10.6. The van der Waals surface area contributed by atoms with Crippen LogP contribution in [0.25, 0.3) is 0 Å². The second-order valence-electron chi connectivity index (χ2n) is 6.21. The quantitative estimate of drug-likeness (QED) is 0.751. The normalized spacial score (nSPS) is 43.4. The van der Waals surface area contributed by atoms with Gasteiger partial charge in [-0.05, 0) is 44.1 Å². The summed E-state index contributed by atoms with van der Waals surface area (Å²) in [5, 5.41) is 3.55. The van der Waals surface area contributed by atoms with E-state index in [1.54, 1.807) is 0 Å². The molecule has 88 valence electrons. The van der Waals surface area contributed by atoms with Gasteiger partial charge in [0.25, 0.3) is 0 Å². The van der Waals surface area contributed by atoms with E-state index in [1.165, 1.54) is 45.4 Å². The summed E-state index contributed by atoms with van der Waals surface area (Å²) in [6, 6.07) is 0.804. The van der Waals surface area contributed by atoms with Crippen molar-refractivity contribution in [3.05, 3.63) is 0 Å². The number of nitrogens with zero attached hydrogens (tertiary/aromatic N) is 1.